The number of nitrogens with zero attached hydrogens (tertiary/aromatic N) is 1. The molecule has 7 nitrogen and oxygen atoms in total. The van der Waals surface area contributed by atoms with Gasteiger partial charge in [0.05, 0.1) is 26.0 Å². The van der Waals surface area contributed by atoms with E-state index >= 15 is 0 Å². The summed E-state index contributed by atoms with van der Waals surface area (Å²) < 4.78 is 37.6. The fraction of sp³-hybridized carbons (Fsp3) is 0.500. The van der Waals surface area contributed by atoms with Crippen LogP contribution in [-0.4, -0.2) is 57.8 Å². The fourth-order valence-electron chi connectivity index (χ4n) is 2.20. The topological polar surface area (TPSA) is 79.9 Å². The van der Waals surface area contributed by atoms with Crippen molar-refractivity contribution in [3.8, 4) is 5.75 Å². The molecule has 2 N–H and O–H groups in total. The molecule has 0 aromatic heterocycles. The van der Waals surface area contributed by atoms with Crippen molar-refractivity contribution >= 4 is 33.0 Å². The monoisotopic (exact) mass is 359 g/mol. The molecule has 0 spiro atoms. The zero-order valence-electron chi connectivity index (χ0n) is 13.2. The lowest BCUT2D eigenvalue weighted by atomic mass is 10.3. The predicted octanol–water partition coefficient (Wildman–Crippen LogP) is 1.02. The van der Waals surface area contributed by atoms with Crippen LogP contribution in [0.2, 0.25) is 0 Å². The van der Waals surface area contributed by atoms with Gasteiger partial charge in [0.15, 0.2) is 5.11 Å². The van der Waals surface area contributed by atoms with Gasteiger partial charge in [-0.2, -0.15) is 4.31 Å². The van der Waals surface area contributed by atoms with Crippen LogP contribution in [0.3, 0.4) is 0 Å². The van der Waals surface area contributed by atoms with Crippen LogP contribution in [0.15, 0.2) is 23.1 Å². The van der Waals surface area contributed by atoms with Crippen LogP contribution in [0, 0.1) is 0 Å². The van der Waals surface area contributed by atoms with Gasteiger partial charge in [-0.15, -0.1) is 0 Å². The van der Waals surface area contributed by atoms with Gasteiger partial charge in [-0.25, -0.2) is 8.42 Å². The number of rotatable bonds is 5. The molecule has 1 heterocycles. The van der Waals surface area contributed by atoms with Gasteiger partial charge in [0.25, 0.3) is 0 Å². The molecule has 0 amide bonds. The maximum absolute atomic E-state index is 12.9. The number of benzene rings is 1. The van der Waals surface area contributed by atoms with Crippen LogP contribution in [0.4, 0.5) is 5.69 Å². The molecule has 0 aliphatic carbocycles. The van der Waals surface area contributed by atoms with E-state index in [0.717, 1.165) is 0 Å². The molecule has 1 aliphatic rings. The van der Waals surface area contributed by atoms with Gasteiger partial charge < -0.3 is 20.1 Å². The third-order valence-electron chi connectivity index (χ3n) is 3.36. The Morgan fingerprint density at radius 1 is 1.39 bits per heavy atom. The SMILES string of the molecule is CCNC(=S)Nc1ccc(OC)cc1S(=O)(=O)N1CCOCC1. The number of hydrogen-bond acceptors (Lipinski definition) is 5. The van der Waals surface area contributed by atoms with Crippen molar-refractivity contribution in [2.24, 2.45) is 0 Å². The Labute approximate surface area is 142 Å². The summed E-state index contributed by atoms with van der Waals surface area (Å²) in [6.45, 7) is 4.00. The van der Waals surface area contributed by atoms with Crippen molar-refractivity contribution in [1.82, 2.24) is 9.62 Å². The fourth-order valence-corrected chi connectivity index (χ4v) is 4.02. The second-order valence-electron chi connectivity index (χ2n) is 4.86. The molecule has 1 aliphatic heterocycles. The van der Waals surface area contributed by atoms with Crippen molar-refractivity contribution in [3.05, 3.63) is 18.2 Å². The molecule has 1 saturated heterocycles. The Morgan fingerprint density at radius 2 is 2.09 bits per heavy atom. The Morgan fingerprint density at radius 3 is 2.70 bits per heavy atom. The first-order valence-corrected chi connectivity index (χ1v) is 9.14. The zero-order chi connectivity index (χ0) is 16.9. The summed E-state index contributed by atoms with van der Waals surface area (Å²) in [4.78, 5) is 0.138. The molecule has 0 radical (unpaired) electrons. The smallest absolute Gasteiger partial charge is 0.245 e. The van der Waals surface area contributed by atoms with Crippen molar-refractivity contribution in [2.45, 2.75) is 11.8 Å². The number of morpholine rings is 1. The van der Waals surface area contributed by atoms with Crippen LogP contribution >= 0.6 is 12.2 Å². The van der Waals surface area contributed by atoms with E-state index in [0.29, 0.717) is 49.4 Å². The number of thiocarbonyl (C=S) groups is 1. The lowest BCUT2D eigenvalue weighted by molar-refractivity contribution is 0.0730. The summed E-state index contributed by atoms with van der Waals surface area (Å²) in [5, 5.41) is 6.25. The molecule has 1 aromatic carbocycles. The summed E-state index contributed by atoms with van der Waals surface area (Å²) >= 11 is 5.15. The van der Waals surface area contributed by atoms with Gasteiger partial charge in [-0.05, 0) is 31.3 Å². The number of nitrogens with one attached hydrogen (secondary N) is 2. The van der Waals surface area contributed by atoms with Crippen LogP contribution in [0.1, 0.15) is 6.92 Å². The quantitative estimate of drug-likeness (QED) is 0.760. The highest BCUT2D eigenvalue weighted by molar-refractivity contribution is 7.89. The highest BCUT2D eigenvalue weighted by Crippen LogP contribution is 2.29. The minimum Gasteiger partial charge on any atom is -0.497 e. The van der Waals surface area contributed by atoms with Crippen molar-refractivity contribution in [2.75, 3.05) is 45.3 Å². The molecule has 0 atom stereocenters. The second-order valence-corrected chi connectivity index (χ2v) is 7.18. The summed E-state index contributed by atoms with van der Waals surface area (Å²) in [5.41, 5.74) is 0.420. The average Bonchev–Trinajstić information content (AvgIpc) is 2.56. The maximum Gasteiger partial charge on any atom is 0.245 e. The third kappa shape index (κ3) is 4.31. The van der Waals surface area contributed by atoms with Gasteiger partial charge in [0.2, 0.25) is 10.0 Å². The van der Waals surface area contributed by atoms with Gasteiger partial charge in [-0.1, -0.05) is 0 Å². The van der Waals surface area contributed by atoms with E-state index in [1.165, 1.54) is 17.5 Å². The first-order valence-electron chi connectivity index (χ1n) is 7.30. The van der Waals surface area contributed by atoms with E-state index in [1.54, 1.807) is 12.1 Å². The molecule has 0 unspecified atom stereocenters. The summed E-state index contributed by atoms with van der Waals surface area (Å²) in [6, 6.07) is 4.84. The summed E-state index contributed by atoms with van der Waals surface area (Å²) in [5.74, 6) is 0.469. The number of ether oxygens (including phenoxy) is 2. The summed E-state index contributed by atoms with van der Waals surface area (Å²) in [6.07, 6.45) is 0. The minimum absolute atomic E-state index is 0.138. The number of methoxy groups -OCH3 is 1. The van der Waals surface area contributed by atoms with E-state index in [9.17, 15) is 8.42 Å². The van der Waals surface area contributed by atoms with Gasteiger partial charge in [0.1, 0.15) is 10.6 Å². The average molecular weight is 359 g/mol. The van der Waals surface area contributed by atoms with E-state index < -0.39 is 10.0 Å². The third-order valence-corrected chi connectivity index (χ3v) is 5.55. The van der Waals surface area contributed by atoms with Gasteiger partial charge in [0, 0.05) is 25.7 Å². The van der Waals surface area contributed by atoms with E-state index in [-0.39, 0.29) is 4.90 Å². The molecule has 1 fully saturated rings. The minimum atomic E-state index is -3.66. The molecular formula is C14H21N3O4S2. The first kappa shape index (κ1) is 17.9. The summed E-state index contributed by atoms with van der Waals surface area (Å²) in [7, 11) is -2.17. The van der Waals surface area contributed by atoms with Gasteiger partial charge in [-0.3, -0.25) is 0 Å². The van der Waals surface area contributed by atoms with E-state index in [2.05, 4.69) is 10.6 Å². The van der Waals surface area contributed by atoms with Crippen LogP contribution < -0.4 is 15.4 Å². The van der Waals surface area contributed by atoms with E-state index in [4.69, 9.17) is 21.7 Å². The number of hydrogen-bond donors (Lipinski definition) is 2. The predicted molar refractivity (Wildman–Crippen MR) is 92.5 cm³/mol. The van der Waals surface area contributed by atoms with Gasteiger partial charge >= 0.3 is 0 Å². The molecular weight excluding hydrogens is 338 g/mol. The largest absolute Gasteiger partial charge is 0.497 e. The van der Waals surface area contributed by atoms with Crippen molar-refractivity contribution in [1.29, 1.82) is 0 Å². The molecule has 128 valence electrons. The Kier molecular flexibility index (Phi) is 6.17. The molecule has 2 rings (SSSR count). The highest BCUT2D eigenvalue weighted by Gasteiger charge is 2.29. The second kappa shape index (κ2) is 7.91. The standard InChI is InChI=1S/C14H21N3O4S2/c1-3-15-14(22)16-12-5-4-11(20-2)10-13(12)23(18,19)17-6-8-21-9-7-17/h4-5,10H,3,6-9H2,1-2H3,(H2,15,16,22). The molecule has 9 heteroatoms. The molecule has 1 aromatic rings. The van der Waals surface area contributed by atoms with Crippen molar-refractivity contribution < 1.29 is 17.9 Å². The number of sulfonamides is 1. The Bertz CT molecular complexity index is 658. The van der Waals surface area contributed by atoms with E-state index in [1.807, 2.05) is 6.92 Å². The molecule has 23 heavy (non-hydrogen) atoms. The Hall–Kier alpha value is -1.42. The Balaban J connectivity index is 2.38. The molecule has 0 bridgehead atoms. The lowest BCUT2D eigenvalue weighted by Gasteiger charge is -2.27. The number of anilines is 1. The van der Waals surface area contributed by atoms with Crippen molar-refractivity contribution in [3.63, 3.8) is 0 Å². The first-order chi connectivity index (χ1) is 11.0. The van der Waals surface area contributed by atoms with Crippen LogP contribution in [0.25, 0.3) is 0 Å². The molecule has 0 saturated carbocycles. The highest BCUT2D eigenvalue weighted by atomic mass is 32.2. The van der Waals surface area contributed by atoms with Crippen LogP contribution in [0.5, 0.6) is 5.75 Å². The zero-order valence-corrected chi connectivity index (χ0v) is 14.8. The lowest BCUT2D eigenvalue weighted by Crippen LogP contribution is -2.41. The normalized spacial score (nSPS) is 15.9. The maximum atomic E-state index is 12.9. The van der Waals surface area contributed by atoms with Crippen LogP contribution in [-0.2, 0) is 14.8 Å².